The molecule has 1 saturated heterocycles. The SMILES string of the molecule is O=C1C[C@H](Cc2ccc3c(=O)[nH]ccc3c2)CN1c1ccccc1. The van der Waals surface area contributed by atoms with Crippen molar-refractivity contribution in [2.24, 2.45) is 5.92 Å². The molecule has 1 aliphatic heterocycles. The molecular weight excluding hydrogens is 300 g/mol. The van der Waals surface area contributed by atoms with Crippen LogP contribution in [0.2, 0.25) is 0 Å². The predicted octanol–water partition coefficient (Wildman–Crippen LogP) is 3.12. The average molecular weight is 318 g/mol. The number of benzene rings is 2. The number of carbonyl (C=O) groups is 1. The molecule has 24 heavy (non-hydrogen) atoms. The molecule has 0 unspecified atom stereocenters. The fourth-order valence-corrected chi connectivity index (χ4v) is 3.48. The van der Waals surface area contributed by atoms with E-state index in [1.54, 1.807) is 6.20 Å². The van der Waals surface area contributed by atoms with Crippen molar-refractivity contribution in [2.75, 3.05) is 11.4 Å². The van der Waals surface area contributed by atoms with Gasteiger partial charge in [0.05, 0.1) is 0 Å². The summed E-state index contributed by atoms with van der Waals surface area (Å²) in [6.07, 6.45) is 3.09. The molecule has 1 N–H and O–H groups in total. The van der Waals surface area contributed by atoms with Crippen LogP contribution in [0, 0.1) is 5.92 Å². The number of nitrogens with zero attached hydrogens (tertiary/aromatic N) is 1. The molecule has 0 saturated carbocycles. The number of hydrogen-bond donors (Lipinski definition) is 1. The van der Waals surface area contributed by atoms with Gasteiger partial charge in [0.2, 0.25) is 5.91 Å². The minimum atomic E-state index is -0.0645. The van der Waals surface area contributed by atoms with Gasteiger partial charge in [0.25, 0.3) is 5.56 Å². The zero-order chi connectivity index (χ0) is 16.5. The standard InChI is InChI=1S/C20H18N2O2/c23-19-12-15(13-22(19)17-4-2-1-3-5-17)10-14-6-7-18-16(11-14)8-9-21-20(18)24/h1-9,11,15H,10,12-13H2,(H,21,24)/t15-/m0/s1. The van der Waals surface area contributed by atoms with Gasteiger partial charge in [0, 0.05) is 30.2 Å². The number of hydrogen-bond acceptors (Lipinski definition) is 2. The Kier molecular flexibility index (Phi) is 3.65. The third-order valence-electron chi connectivity index (χ3n) is 4.64. The van der Waals surface area contributed by atoms with E-state index < -0.39 is 0 Å². The zero-order valence-corrected chi connectivity index (χ0v) is 13.2. The first-order valence-electron chi connectivity index (χ1n) is 8.16. The number of aromatic nitrogens is 1. The van der Waals surface area contributed by atoms with Crippen molar-refractivity contribution in [2.45, 2.75) is 12.8 Å². The fraction of sp³-hybridized carbons (Fsp3) is 0.200. The van der Waals surface area contributed by atoms with E-state index in [1.807, 2.05) is 53.4 Å². The van der Waals surface area contributed by atoms with Crippen molar-refractivity contribution in [3.63, 3.8) is 0 Å². The van der Waals surface area contributed by atoms with Crippen LogP contribution in [0.5, 0.6) is 0 Å². The van der Waals surface area contributed by atoms with Gasteiger partial charge in [-0.15, -0.1) is 0 Å². The number of rotatable bonds is 3. The highest BCUT2D eigenvalue weighted by Gasteiger charge is 2.30. The summed E-state index contributed by atoms with van der Waals surface area (Å²) in [5, 5.41) is 1.65. The summed E-state index contributed by atoms with van der Waals surface area (Å²) in [5.74, 6) is 0.487. The number of nitrogens with one attached hydrogen (secondary N) is 1. The molecule has 1 fully saturated rings. The lowest BCUT2D eigenvalue weighted by atomic mass is 9.97. The number of carbonyl (C=O) groups excluding carboxylic acids is 1. The summed E-state index contributed by atoms with van der Waals surface area (Å²) in [6, 6.07) is 17.6. The van der Waals surface area contributed by atoms with Crippen molar-refractivity contribution in [1.29, 1.82) is 0 Å². The highest BCUT2D eigenvalue weighted by Crippen LogP contribution is 2.27. The Morgan fingerprint density at radius 3 is 2.71 bits per heavy atom. The molecule has 1 aliphatic rings. The average Bonchev–Trinajstić information content (AvgIpc) is 2.96. The lowest BCUT2D eigenvalue weighted by molar-refractivity contribution is -0.117. The molecule has 2 heterocycles. The molecule has 0 bridgehead atoms. The number of aromatic amines is 1. The first kappa shape index (κ1) is 14.7. The summed E-state index contributed by atoms with van der Waals surface area (Å²) < 4.78 is 0. The van der Waals surface area contributed by atoms with Gasteiger partial charge in [-0.25, -0.2) is 0 Å². The van der Waals surface area contributed by atoms with E-state index in [-0.39, 0.29) is 11.5 Å². The number of pyridine rings is 1. The molecule has 4 rings (SSSR count). The van der Waals surface area contributed by atoms with Crippen molar-refractivity contribution in [3.05, 3.63) is 76.7 Å². The Balaban J connectivity index is 1.54. The van der Waals surface area contributed by atoms with E-state index in [1.165, 1.54) is 5.56 Å². The largest absolute Gasteiger partial charge is 0.329 e. The molecule has 1 atom stereocenters. The molecule has 0 spiro atoms. The lowest BCUT2D eigenvalue weighted by Crippen LogP contribution is -2.24. The van der Waals surface area contributed by atoms with E-state index in [9.17, 15) is 9.59 Å². The molecule has 1 aromatic heterocycles. The summed E-state index contributed by atoms with van der Waals surface area (Å²) in [5.41, 5.74) is 2.07. The van der Waals surface area contributed by atoms with Gasteiger partial charge in [-0.1, -0.05) is 30.3 Å². The van der Waals surface area contributed by atoms with Crippen molar-refractivity contribution >= 4 is 22.4 Å². The van der Waals surface area contributed by atoms with Crippen molar-refractivity contribution < 1.29 is 4.79 Å². The fourth-order valence-electron chi connectivity index (χ4n) is 3.48. The highest BCUT2D eigenvalue weighted by molar-refractivity contribution is 5.95. The highest BCUT2D eigenvalue weighted by atomic mass is 16.2. The summed E-state index contributed by atoms with van der Waals surface area (Å²) in [7, 11) is 0. The molecular formula is C20H18N2O2. The van der Waals surface area contributed by atoms with Crippen LogP contribution >= 0.6 is 0 Å². The van der Waals surface area contributed by atoms with E-state index in [4.69, 9.17) is 0 Å². The Morgan fingerprint density at radius 2 is 1.88 bits per heavy atom. The Morgan fingerprint density at radius 1 is 1.04 bits per heavy atom. The van der Waals surface area contributed by atoms with E-state index in [0.717, 1.165) is 24.0 Å². The molecule has 3 aromatic rings. The molecule has 2 aromatic carbocycles. The quantitative estimate of drug-likeness (QED) is 0.806. The van der Waals surface area contributed by atoms with E-state index in [2.05, 4.69) is 11.1 Å². The van der Waals surface area contributed by atoms with Gasteiger partial charge >= 0.3 is 0 Å². The van der Waals surface area contributed by atoms with Gasteiger partial charge in [0.15, 0.2) is 0 Å². The van der Waals surface area contributed by atoms with Crippen molar-refractivity contribution in [3.8, 4) is 0 Å². The first-order valence-corrected chi connectivity index (χ1v) is 8.16. The molecule has 4 nitrogen and oxygen atoms in total. The number of anilines is 1. The molecule has 0 radical (unpaired) electrons. The van der Waals surface area contributed by atoms with Crippen LogP contribution in [0.1, 0.15) is 12.0 Å². The van der Waals surface area contributed by atoms with E-state index >= 15 is 0 Å². The molecule has 1 amide bonds. The molecule has 4 heteroatoms. The Hall–Kier alpha value is -2.88. The van der Waals surface area contributed by atoms with Crippen LogP contribution in [0.25, 0.3) is 10.8 Å². The number of fused-ring (bicyclic) bond motifs is 1. The van der Waals surface area contributed by atoms with Gasteiger partial charge < -0.3 is 9.88 Å². The third-order valence-corrected chi connectivity index (χ3v) is 4.64. The van der Waals surface area contributed by atoms with Crippen LogP contribution in [-0.2, 0) is 11.2 Å². The normalized spacial score (nSPS) is 17.6. The smallest absolute Gasteiger partial charge is 0.255 e. The van der Waals surface area contributed by atoms with Crippen LogP contribution in [0.3, 0.4) is 0 Å². The second-order valence-electron chi connectivity index (χ2n) is 6.34. The monoisotopic (exact) mass is 318 g/mol. The summed E-state index contributed by atoms with van der Waals surface area (Å²) >= 11 is 0. The lowest BCUT2D eigenvalue weighted by Gasteiger charge is -2.16. The Labute approximate surface area is 139 Å². The maximum atomic E-state index is 12.3. The van der Waals surface area contributed by atoms with Crippen molar-refractivity contribution in [1.82, 2.24) is 4.98 Å². The number of para-hydroxylation sites is 1. The minimum Gasteiger partial charge on any atom is -0.329 e. The second kappa shape index (κ2) is 5.96. The molecule has 0 aliphatic carbocycles. The summed E-state index contributed by atoms with van der Waals surface area (Å²) in [6.45, 7) is 0.746. The molecule has 120 valence electrons. The van der Waals surface area contributed by atoms with Crippen LogP contribution in [0.4, 0.5) is 5.69 Å². The number of amides is 1. The maximum Gasteiger partial charge on any atom is 0.255 e. The van der Waals surface area contributed by atoms with Gasteiger partial charge in [-0.2, -0.15) is 0 Å². The summed E-state index contributed by atoms with van der Waals surface area (Å²) in [4.78, 5) is 28.6. The Bertz CT molecular complexity index is 947. The topological polar surface area (TPSA) is 53.2 Å². The number of H-pyrrole nitrogens is 1. The first-order chi connectivity index (χ1) is 11.7. The van der Waals surface area contributed by atoms with Crippen LogP contribution in [0.15, 0.2) is 65.6 Å². The third kappa shape index (κ3) is 2.71. The van der Waals surface area contributed by atoms with Gasteiger partial charge in [0.1, 0.15) is 0 Å². The zero-order valence-electron chi connectivity index (χ0n) is 13.2. The van der Waals surface area contributed by atoms with Crippen LogP contribution in [-0.4, -0.2) is 17.4 Å². The van der Waals surface area contributed by atoms with Crippen LogP contribution < -0.4 is 10.5 Å². The second-order valence-corrected chi connectivity index (χ2v) is 6.34. The predicted molar refractivity (Wildman–Crippen MR) is 95.2 cm³/mol. The minimum absolute atomic E-state index is 0.0645. The maximum absolute atomic E-state index is 12.3. The van der Waals surface area contributed by atoms with Gasteiger partial charge in [-0.3, -0.25) is 9.59 Å². The van der Waals surface area contributed by atoms with Gasteiger partial charge in [-0.05, 0) is 47.6 Å². The van der Waals surface area contributed by atoms with E-state index in [0.29, 0.717) is 17.7 Å².